The molecule has 0 unspecified atom stereocenters. The van der Waals surface area contributed by atoms with Gasteiger partial charge in [-0.05, 0) is 48.7 Å². The Hall–Kier alpha value is -2.62. The van der Waals surface area contributed by atoms with Gasteiger partial charge in [-0.25, -0.2) is 0 Å². The van der Waals surface area contributed by atoms with Gasteiger partial charge in [-0.2, -0.15) is 0 Å². The molecule has 0 aliphatic heterocycles. The third-order valence-electron chi connectivity index (χ3n) is 3.39. The van der Waals surface area contributed by atoms with E-state index in [9.17, 15) is 9.59 Å². The minimum Gasteiger partial charge on any atom is -0.326 e. The van der Waals surface area contributed by atoms with Crippen molar-refractivity contribution in [3.8, 4) is 0 Å². The van der Waals surface area contributed by atoms with Crippen LogP contribution in [0.2, 0.25) is 0 Å². The number of rotatable bonds is 5. The molecule has 2 rings (SSSR count). The van der Waals surface area contributed by atoms with Crippen molar-refractivity contribution in [1.29, 1.82) is 0 Å². The first-order chi connectivity index (χ1) is 11.0. The molecule has 23 heavy (non-hydrogen) atoms. The second kappa shape index (κ2) is 7.58. The van der Waals surface area contributed by atoms with E-state index >= 15 is 0 Å². The lowest BCUT2D eigenvalue weighted by Crippen LogP contribution is -2.15. The highest BCUT2D eigenvalue weighted by atomic mass is 16.2. The summed E-state index contributed by atoms with van der Waals surface area (Å²) in [5, 5.41) is 5.76. The van der Waals surface area contributed by atoms with Gasteiger partial charge in [-0.3, -0.25) is 9.59 Å². The smallest absolute Gasteiger partial charge is 0.255 e. The molecule has 0 fully saturated rings. The van der Waals surface area contributed by atoms with Crippen molar-refractivity contribution in [2.24, 2.45) is 5.92 Å². The lowest BCUT2D eigenvalue weighted by atomic mass is 10.1. The van der Waals surface area contributed by atoms with Gasteiger partial charge in [0.2, 0.25) is 5.91 Å². The van der Waals surface area contributed by atoms with Crippen LogP contribution in [0.15, 0.2) is 48.5 Å². The van der Waals surface area contributed by atoms with Crippen LogP contribution < -0.4 is 10.6 Å². The van der Waals surface area contributed by atoms with Crippen LogP contribution in [0.25, 0.3) is 0 Å². The molecule has 0 heterocycles. The average molecular weight is 310 g/mol. The van der Waals surface area contributed by atoms with Crippen molar-refractivity contribution in [3.63, 3.8) is 0 Å². The second-order valence-corrected chi connectivity index (χ2v) is 6.00. The van der Waals surface area contributed by atoms with Gasteiger partial charge in [0, 0.05) is 23.4 Å². The summed E-state index contributed by atoms with van der Waals surface area (Å²) < 4.78 is 0. The molecule has 0 atom stereocenters. The second-order valence-electron chi connectivity index (χ2n) is 6.00. The molecule has 2 aromatic rings. The summed E-state index contributed by atoms with van der Waals surface area (Å²) >= 11 is 0. The lowest BCUT2D eigenvalue weighted by Gasteiger charge is -2.12. The molecule has 120 valence electrons. The fraction of sp³-hybridized carbons (Fsp3) is 0.263. The van der Waals surface area contributed by atoms with Gasteiger partial charge in [0.1, 0.15) is 0 Å². The Bertz CT molecular complexity index is 694. The van der Waals surface area contributed by atoms with Crippen LogP contribution in [-0.2, 0) is 4.79 Å². The van der Waals surface area contributed by atoms with E-state index in [1.54, 1.807) is 24.3 Å². The standard InChI is InChI=1S/C19H22N2O2/c1-13(2)11-18(22)20-16-9-10-17(14(3)12-16)21-19(23)15-7-5-4-6-8-15/h4-10,12-13H,11H2,1-3H3,(H,20,22)(H,21,23). The molecule has 4 nitrogen and oxygen atoms in total. The topological polar surface area (TPSA) is 58.2 Å². The van der Waals surface area contributed by atoms with E-state index in [4.69, 9.17) is 0 Å². The van der Waals surface area contributed by atoms with Gasteiger partial charge < -0.3 is 10.6 Å². The summed E-state index contributed by atoms with van der Waals surface area (Å²) in [7, 11) is 0. The monoisotopic (exact) mass is 310 g/mol. The Morgan fingerprint density at radius 1 is 1.00 bits per heavy atom. The summed E-state index contributed by atoms with van der Waals surface area (Å²) in [5.41, 5.74) is 2.99. The summed E-state index contributed by atoms with van der Waals surface area (Å²) in [4.78, 5) is 24.0. The first kappa shape index (κ1) is 16.7. The Labute approximate surface area is 136 Å². The van der Waals surface area contributed by atoms with Crippen LogP contribution in [0.4, 0.5) is 11.4 Å². The number of nitrogens with one attached hydrogen (secondary N) is 2. The van der Waals surface area contributed by atoms with E-state index < -0.39 is 0 Å². The summed E-state index contributed by atoms with van der Waals surface area (Å²) in [6.45, 7) is 5.92. The molecule has 0 saturated carbocycles. The number of hydrogen-bond acceptors (Lipinski definition) is 2. The molecule has 2 amide bonds. The molecule has 0 spiro atoms. The molecule has 2 aromatic carbocycles. The number of carbonyl (C=O) groups excluding carboxylic acids is 2. The van der Waals surface area contributed by atoms with Crippen molar-refractivity contribution in [3.05, 3.63) is 59.7 Å². The molecule has 2 N–H and O–H groups in total. The zero-order valence-electron chi connectivity index (χ0n) is 13.7. The van der Waals surface area contributed by atoms with E-state index in [0.717, 1.165) is 16.9 Å². The van der Waals surface area contributed by atoms with E-state index in [2.05, 4.69) is 10.6 Å². The minimum atomic E-state index is -0.148. The highest BCUT2D eigenvalue weighted by Crippen LogP contribution is 2.21. The van der Waals surface area contributed by atoms with Crippen LogP contribution in [0, 0.1) is 12.8 Å². The lowest BCUT2D eigenvalue weighted by molar-refractivity contribution is -0.116. The van der Waals surface area contributed by atoms with Crippen molar-refractivity contribution in [2.75, 3.05) is 10.6 Å². The van der Waals surface area contributed by atoms with Gasteiger partial charge >= 0.3 is 0 Å². The van der Waals surface area contributed by atoms with Gasteiger partial charge in [-0.1, -0.05) is 32.0 Å². The predicted octanol–water partition coefficient (Wildman–Crippen LogP) is 4.23. The molecule has 4 heteroatoms. The summed E-state index contributed by atoms with van der Waals surface area (Å²) in [6.07, 6.45) is 0.492. The first-order valence-electron chi connectivity index (χ1n) is 7.72. The van der Waals surface area contributed by atoms with Crippen LogP contribution in [0.1, 0.15) is 36.2 Å². The highest BCUT2D eigenvalue weighted by Gasteiger charge is 2.09. The molecule has 0 aliphatic rings. The molecule has 0 aliphatic carbocycles. The maximum absolute atomic E-state index is 12.2. The third kappa shape index (κ3) is 4.95. The number of carbonyl (C=O) groups is 2. The van der Waals surface area contributed by atoms with E-state index in [0.29, 0.717) is 17.9 Å². The van der Waals surface area contributed by atoms with Crippen LogP contribution in [-0.4, -0.2) is 11.8 Å². The van der Waals surface area contributed by atoms with E-state index in [-0.39, 0.29) is 11.8 Å². The zero-order valence-corrected chi connectivity index (χ0v) is 13.7. The Balaban J connectivity index is 2.05. The quantitative estimate of drug-likeness (QED) is 0.868. The summed E-state index contributed by atoms with van der Waals surface area (Å²) in [5.74, 6) is 0.172. The largest absolute Gasteiger partial charge is 0.326 e. The average Bonchev–Trinajstić information content (AvgIpc) is 2.50. The van der Waals surface area contributed by atoms with Crippen molar-refractivity contribution >= 4 is 23.2 Å². The maximum atomic E-state index is 12.2. The maximum Gasteiger partial charge on any atom is 0.255 e. The third-order valence-corrected chi connectivity index (χ3v) is 3.39. The number of amides is 2. The van der Waals surface area contributed by atoms with Crippen LogP contribution >= 0.6 is 0 Å². The normalized spacial score (nSPS) is 10.4. The fourth-order valence-electron chi connectivity index (χ4n) is 2.25. The minimum absolute atomic E-state index is 0.000436. The highest BCUT2D eigenvalue weighted by molar-refractivity contribution is 6.04. The van der Waals surface area contributed by atoms with Crippen molar-refractivity contribution in [2.45, 2.75) is 27.2 Å². The number of benzene rings is 2. The molecule has 0 saturated heterocycles. The van der Waals surface area contributed by atoms with E-state index in [1.807, 2.05) is 45.0 Å². The van der Waals surface area contributed by atoms with Crippen molar-refractivity contribution < 1.29 is 9.59 Å². The van der Waals surface area contributed by atoms with Crippen molar-refractivity contribution in [1.82, 2.24) is 0 Å². The Kier molecular flexibility index (Phi) is 5.52. The SMILES string of the molecule is Cc1cc(NC(=O)CC(C)C)ccc1NC(=O)c1ccccc1. The zero-order chi connectivity index (χ0) is 16.8. The van der Waals surface area contributed by atoms with Crippen LogP contribution in [0.3, 0.4) is 0 Å². The molecular formula is C19H22N2O2. The van der Waals surface area contributed by atoms with Gasteiger partial charge in [-0.15, -0.1) is 0 Å². The molecule has 0 aromatic heterocycles. The van der Waals surface area contributed by atoms with Gasteiger partial charge in [0.25, 0.3) is 5.91 Å². The van der Waals surface area contributed by atoms with E-state index in [1.165, 1.54) is 0 Å². The number of hydrogen-bond donors (Lipinski definition) is 2. The molecular weight excluding hydrogens is 288 g/mol. The number of anilines is 2. The number of aryl methyl sites for hydroxylation is 1. The summed E-state index contributed by atoms with van der Waals surface area (Å²) in [6, 6.07) is 14.5. The first-order valence-corrected chi connectivity index (χ1v) is 7.72. The van der Waals surface area contributed by atoms with Gasteiger partial charge in [0.05, 0.1) is 0 Å². The van der Waals surface area contributed by atoms with Gasteiger partial charge in [0.15, 0.2) is 0 Å². The fourth-order valence-corrected chi connectivity index (χ4v) is 2.25. The Morgan fingerprint density at radius 2 is 1.70 bits per heavy atom. The predicted molar refractivity (Wildman–Crippen MR) is 93.7 cm³/mol. The molecule has 0 radical (unpaired) electrons. The Morgan fingerprint density at radius 3 is 2.30 bits per heavy atom. The van der Waals surface area contributed by atoms with Crippen LogP contribution in [0.5, 0.6) is 0 Å². The molecule has 0 bridgehead atoms.